The highest BCUT2D eigenvalue weighted by Gasteiger charge is 2.05. The number of thiophene rings is 1. The average molecular weight is 318 g/mol. The van der Waals surface area contributed by atoms with Crippen molar-refractivity contribution in [2.45, 2.75) is 26.8 Å². The minimum Gasteiger partial charge on any atom is -0.497 e. The van der Waals surface area contributed by atoms with Crippen molar-refractivity contribution in [1.29, 1.82) is 0 Å². The second-order valence-electron chi connectivity index (χ2n) is 5.15. The molecule has 1 aromatic carbocycles. The van der Waals surface area contributed by atoms with Crippen LogP contribution in [0, 0.1) is 13.8 Å². The van der Waals surface area contributed by atoms with Gasteiger partial charge in [-0.15, -0.1) is 11.3 Å². The van der Waals surface area contributed by atoms with E-state index < -0.39 is 0 Å². The monoisotopic (exact) mass is 318 g/mol. The molecule has 1 heterocycles. The predicted octanol–water partition coefficient (Wildman–Crippen LogP) is 3.42. The van der Waals surface area contributed by atoms with E-state index in [1.54, 1.807) is 18.4 Å². The highest BCUT2D eigenvalue weighted by Crippen LogP contribution is 2.20. The number of carbonyl (C=O) groups excluding carboxylic acids is 1. The lowest BCUT2D eigenvalue weighted by molar-refractivity contribution is 0.240. The second kappa shape index (κ2) is 7.84. The van der Waals surface area contributed by atoms with Crippen molar-refractivity contribution in [1.82, 2.24) is 10.6 Å². The molecule has 1 aromatic heterocycles. The van der Waals surface area contributed by atoms with Gasteiger partial charge in [0.1, 0.15) is 5.75 Å². The Morgan fingerprint density at radius 1 is 1.27 bits per heavy atom. The summed E-state index contributed by atoms with van der Waals surface area (Å²) >= 11 is 1.76. The minimum atomic E-state index is -0.146. The largest absolute Gasteiger partial charge is 0.497 e. The molecule has 0 saturated carbocycles. The summed E-state index contributed by atoms with van der Waals surface area (Å²) in [6.07, 6.45) is 0.864. The number of nitrogens with one attached hydrogen (secondary N) is 2. The SMILES string of the molecule is COc1cccc(CNC(=O)NCCc2csc(C)c2C)c1. The third-order valence-electron chi connectivity index (χ3n) is 3.65. The number of hydrogen-bond donors (Lipinski definition) is 2. The van der Waals surface area contributed by atoms with E-state index in [0.29, 0.717) is 13.1 Å². The quantitative estimate of drug-likeness (QED) is 0.857. The fraction of sp³-hybridized carbons (Fsp3) is 0.353. The molecular weight excluding hydrogens is 296 g/mol. The Hall–Kier alpha value is -2.01. The maximum absolute atomic E-state index is 11.8. The Kier molecular flexibility index (Phi) is 5.83. The van der Waals surface area contributed by atoms with Gasteiger partial charge in [-0.1, -0.05) is 12.1 Å². The lowest BCUT2D eigenvalue weighted by Crippen LogP contribution is -2.36. The van der Waals surface area contributed by atoms with Crippen LogP contribution in [-0.2, 0) is 13.0 Å². The number of hydrogen-bond acceptors (Lipinski definition) is 3. The predicted molar refractivity (Wildman–Crippen MR) is 90.7 cm³/mol. The molecule has 118 valence electrons. The van der Waals surface area contributed by atoms with Crippen LogP contribution >= 0.6 is 11.3 Å². The van der Waals surface area contributed by atoms with E-state index in [9.17, 15) is 4.79 Å². The van der Waals surface area contributed by atoms with Gasteiger partial charge in [-0.25, -0.2) is 4.79 Å². The molecule has 2 amide bonds. The number of aryl methyl sites for hydroxylation is 1. The Labute approximate surface area is 135 Å². The fourth-order valence-corrected chi connectivity index (χ4v) is 3.07. The third-order valence-corrected chi connectivity index (χ3v) is 4.72. The van der Waals surface area contributed by atoms with Crippen LogP contribution in [0.15, 0.2) is 29.6 Å². The smallest absolute Gasteiger partial charge is 0.315 e. The summed E-state index contributed by atoms with van der Waals surface area (Å²) < 4.78 is 5.16. The van der Waals surface area contributed by atoms with E-state index >= 15 is 0 Å². The molecule has 5 heteroatoms. The van der Waals surface area contributed by atoms with Crippen molar-refractivity contribution in [2.75, 3.05) is 13.7 Å². The highest BCUT2D eigenvalue weighted by molar-refractivity contribution is 7.10. The number of ether oxygens (including phenoxy) is 1. The highest BCUT2D eigenvalue weighted by atomic mass is 32.1. The van der Waals surface area contributed by atoms with Gasteiger partial charge in [-0.05, 0) is 54.5 Å². The molecule has 0 aliphatic heterocycles. The number of benzene rings is 1. The summed E-state index contributed by atoms with van der Waals surface area (Å²) in [4.78, 5) is 13.1. The van der Waals surface area contributed by atoms with Gasteiger partial charge < -0.3 is 15.4 Å². The van der Waals surface area contributed by atoms with Gasteiger partial charge >= 0.3 is 6.03 Å². The van der Waals surface area contributed by atoms with Crippen LogP contribution in [0.3, 0.4) is 0 Å². The first-order valence-corrected chi connectivity index (χ1v) is 8.16. The zero-order chi connectivity index (χ0) is 15.9. The van der Waals surface area contributed by atoms with Crippen LogP contribution in [-0.4, -0.2) is 19.7 Å². The molecule has 0 aliphatic rings. The van der Waals surface area contributed by atoms with Gasteiger partial charge in [0.25, 0.3) is 0 Å². The van der Waals surface area contributed by atoms with Gasteiger partial charge in [0.2, 0.25) is 0 Å². The van der Waals surface area contributed by atoms with Gasteiger partial charge in [0, 0.05) is 18.0 Å². The van der Waals surface area contributed by atoms with Gasteiger partial charge in [0.15, 0.2) is 0 Å². The molecule has 0 aliphatic carbocycles. The van der Waals surface area contributed by atoms with Crippen LogP contribution in [0.25, 0.3) is 0 Å². The van der Waals surface area contributed by atoms with Crippen LogP contribution in [0.4, 0.5) is 4.79 Å². The Morgan fingerprint density at radius 3 is 2.77 bits per heavy atom. The lowest BCUT2D eigenvalue weighted by Gasteiger charge is -2.08. The molecule has 2 rings (SSSR count). The first-order valence-electron chi connectivity index (χ1n) is 7.28. The van der Waals surface area contributed by atoms with Gasteiger partial charge in [-0.2, -0.15) is 0 Å². The number of amides is 2. The topological polar surface area (TPSA) is 50.4 Å². The van der Waals surface area contributed by atoms with E-state index in [-0.39, 0.29) is 6.03 Å². The summed E-state index contributed by atoms with van der Waals surface area (Å²) in [7, 11) is 1.63. The number of carbonyl (C=O) groups is 1. The van der Waals surface area contributed by atoms with Crippen LogP contribution in [0.5, 0.6) is 5.75 Å². The van der Waals surface area contributed by atoms with Crippen molar-refractivity contribution >= 4 is 17.4 Å². The normalized spacial score (nSPS) is 10.3. The molecule has 0 spiro atoms. The number of methoxy groups -OCH3 is 1. The number of rotatable bonds is 6. The second-order valence-corrected chi connectivity index (χ2v) is 6.24. The maximum Gasteiger partial charge on any atom is 0.315 e. The summed E-state index contributed by atoms with van der Waals surface area (Å²) in [5.41, 5.74) is 3.66. The van der Waals surface area contributed by atoms with Crippen molar-refractivity contribution in [3.05, 3.63) is 51.2 Å². The van der Waals surface area contributed by atoms with E-state index in [1.807, 2.05) is 24.3 Å². The summed E-state index contributed by atoms with van der Waals surface area (Å²) in [6.45, 7) is 5.38. The van der Waals surface area contributed by atoms with Crippen molar-refractivity contribution < 1.29 is 9.53 Å². The maximum atomic E-state index is 11.8. The van der Waals surface area contributed by atoms with Gasteiger partial charge in [-0.3, -0.25) is 0 Å². The molecule has 0 saturated heterocycles. The summed E-state index contributed by atoms with van der Waals surface area (Å²) in [6, 6.07) is 7.52. The Bertz CT molecular complexity index is 637. The molecule has 2 aromatic rings. The molecule has 2 N–H and O–H groups in total. The standard InChI is InChI=1S/C17H22N2O2S/c1-12-13(2)22-11-15(12)7-8-18-17(20)19-10-14-5-4-6-16(9-14)21-3/h4-6,9,11H,7-8,10H2,1-3H3,(H2,18,19,20). The molecule has 0 unspecified atom stereocenters. The zero-order valence-electron chi connectivity index (χ0n) is 13.2. The van der Waals surface area contributed by atoms with Crippen molar-refractivity contribution in [3.63, 3.8) is 0 Å². The van der Waals surface area contributed by atoms with E-state index in [0.717, 1.165) is 17.7 Å². The molecule has 0 fully saturated rings. The number of urea groups is 1. The van der Waals surface area contributed by atoms with Crippen LogP contribution in [0.2, 0.25) is 0 Å². The van der Waals surface area contributed by atoms with Crippen LogP contribution in [0.1, 0.15) is 21.6 Å². The fourth-order valence-electron chi connectivity index (χ4n) is 2.15. The van der Waals surface area contributed by atoms with E-state index in [1.165, 1.54) is 16.0 Å². The summed E-state index contributed by atoms with van der Waals surface area (Å²) in [5, 5.41) is 7.91. The third kappa shape index (κ3) is 4.49. The van der Waals surface area contributed by atoms with Crippen molar-refractivity contribution in [3.8, 4) is 5.75 Å². The van der Waals surface area contributed by atoms with E-state index in [2.05, 4.69) is 29.9 Å². The molecule has 0 atom stereocenters. The lowest BCUT2D eigenvalue weighted by atomic mass is 10.1. The molecular formula is C17H22N2O2S. The van der Waals surface area contributed by atoms with E-state index in [4.69, 9.17) is 4.74 Å². The summed E-state index contributed by atoms with van der Waals surface area (Å²) in [5.74, 6) is 0.794. The average Bonchev–Trinajstić information content (AvgIpc) is 2.85. The first kappa shape index (κ1) is 16.4. The zero-order valence-corrected chi connectivity index (χ0v) is 14.0. The first-order chi connectivity index (χ1) is 10.6. The Morgan fingerprint density at radius 2 is 2.09 bits per heavy atom. The molecule has 22 heavy (non-hydrogen) atoms. The molecule has 0 radical (unpaired) electrons. The molecule has 4 nitrogen and oxygen atoms in total. The van der Waals surface area contributed by atoms with Crippen molar-refractivity contribution in [2.24, 2.45) is 0 Å². The molecule has 0 bridgehead atoms. The van der Waals surface area contributed by atoms with Crippen LogP contribution < -0.4 is 15.4 Å². The Balaban J connectivity index is 1.72. The van der Waals surface area contributed by atoms with Gasteiger partial charge in [0.05, 0.1) is 7.11 Å². The minimum absolute atomic E-state index is 0.146.